The summed E-state index contributed by atoms with van der Waals surface area (Å²) < 4.78 is 0. The van der Waals surface area contributed by atoms with Crippen LogP contribution in [0.25, 0.3) is 0 Å². The Labute approximate surface area is 105 Å². The fourth-order valence-corrected chi connectivity index (χ4v) is 1.67. The minimum Gasteiger partial charge on any atom is -0.481 e. The molecule has 18 heavy (non-hydrogen) atoms. The SMILES string of the molecule is CC(CNC(=O)NC(CC(=O)O)C(=O)O)C1CC1. The zero-order valence-electron chi connectivity index (χ0n) is 10.2. The van der Waals surface area contributed by atoms with E-state index < -0.39 is 30.4 Å². The van der Waals surface area contributed by atoms with Crippen LogP contribution in [0.15, 0.2) is 0 Å². The van der Waals surface area contributed by atoms with Gasteiger partial charge >= 0.3 is 18.0 Å². The predicted octanol–water partition coefficient (Wildman–Crippen LogP) is 0.260. The van der Waals surface area contributed by atoms with Gasteiger partial charge in [-0.1, -0.05) is 6.92 Å². The zero-order chi connectivity index (χ0) is 13.7. The van der Waals surface area contributed by atoms with Gasteiger partial charge in [0.25, 0.3) is 0 Å². The van der Waals surface area contributed by atoms with Crippen molar-refractivity contribution >= 4 is 18.0 Å². The maximum Gasteiger partial charge on any atom is 0.326 e. The van der Waals surface area contributed by atoms with Crippen LogP contribution >= 0.6 is 0 Å². The van der Waals surface area contributed by atoms with E-state index in [0.29, 0.717) is 18.4 Å². The van der Waals surface area contributed by atoms with Crippen LogP contribution in [-0.2, 0) is 9.59 Å². The average molecular weight is 258 g/mol. The van der Waals surface area contributed by atoms with E-state index in [2.05, 4.69) is 10.6 Å². The summed E-state index contributed by atoms with van der Waals surface area (Å²) in [6, 6.07) is -2.05. The van der Waals surface area contributed by atoms with Gasteiger partial charge < -0.3 is 20.8 Å². The van der Waals surface area contributed by atoms with Gasteiger partial charge in [0.1, 0.15) is 6.04 Å². The predicted molar refractivity (Wildman–Crippen MR) is 62.1 cm³/mol. The Morgan fingerprint density at radius 1 is 1.28 bits per heavy atom. The molecular weight excluding hydrogens is 240 g/mol. The summed E-state index contributed by atoms with van der Waals surface area (Å²) in [7, 11) is 0. The lowest BCUT2D eigenvalue weighted by atomic mass is 10.1. The fraction of sp³-hybridized carbons (Fsp3) is 0.727. The van der Waals surface area contributed by atoms with Gasteiger partial charge in [0.05, 0.1) is 6.42 Å². The Morgan fingerprint density at radius 3 is 2.33 bits per heavy atom. The summed E-state index contributed by atoms with van der Waals surface area (Å²) in [5.74, 6) is -1.63. The molecule has 1 aliphatic rings. The maximum atomic E-state index is 11.4. The van der Waals surface area contributed by atoms with Crippen LogP contribution in [0.1, 0.15) is 26.2 Å². The second-order valence-corrected chi connectivity index (χ2v) is 4.66. The van der Waals surface area contributed by atoms with Gasteiger partial charge in [0.2, 0.25) is 0 Å². The van der Waals surface area contributed by atoms with Crippen LogP contribution in [0.2, 0.25) is 0 Å². The minimum atomic E-state index is -1.40. The number of hydrogen-bond acceptors (Lipinski definition) is 3. The average Bonchev–Trinajstić information content (AvgIpc) is 3.07. The van der Waals surface area contributed by atoms with E-state index in [0.717, 1.165) is 0 Å². The number of aliphatic carboxylic acids is 2. The quantitative estimate of drug-likeness (QED) is 0.522. The van der Waals surface area contributed by atoms with Crippen LogP contribution in [0.5, 0.6) is 0 Å². The molecule has 7 heteroatoms. The van der Waals surface area contributed by atoms with E-state index in [9.17, 15) is 14.4 Å². The molecule has 0 spiro atoms. The zero-order valence-corrected chi connectivity index (χ0v) is 10.2. The van der Waals surface area contributed by atoms with Crippen molar-refractivity contribution in [3.05, 3.63) is 0 Å². The maximum absolute atomic E-state index is 11.4. The third-order valence-corrected chi connectivity index (χ3v) is 2.99. The molecular formula is C11H18N2O5. The summed E-state index contributed by atoms with van der Waals surface area (Å²) in [5, 5.41) is 21.9. The molecule has 0 radical (unpaired) electrons. The van der Waals surface area contributed by atoms with E-state index >= 15 is 0 Å². The van der Waals surface area contributed by atoms with E-state index in [1.807, 2.05) is 6.92 Å². The highest BCUT2D eigenvalue weighted by molar-refractivity contribution is 5.86. The third-order valence-electron chi connectivity index (χ3n) is 2.99. The molecule has 0 aliphatic heterocycles. The molecule has 2 amide bonds. The number of nitrogens with one attached hydrogen (secondary N) is 2. The number of carboxylic acid groups (broad SMARTS) is 2. The molecule has 4 N–H and O–H groups in total. The topological polar surface area (TPSA) is 116 Å². The summed E-state index contributed by atoms with van der Waals surface area (Å²) in [6.45, 7) is 2.49. The van der Waals surface area contributed by atoms with E-state index in [1.165, 1.54) is 12.8 Å². The monoisotopic (exact) mass is 258 g/mol. The molecule has 0 heterocycles. The summed E-state index contributed by atoms with van der Waals surface area (Å²) in [6.07, 6.45) is 1.70. The summed E-state index contributed by atoms with van der Waals surface area (Å²) in [4.78, 5) is 32.6. The number of carboxylic acids is 2. The Bertz CT molecular complexity index is 340. The van der Waals surface area contributed by atoms with Crippen LogP contribution in [0.4, 0.5) is 4.79 Å². The van der Waals surface area contributed by atoms with Crippen molar-refractivity contribution in [3.8, 4) is 0 Å². The van der Waals surface area contributed by atoms with Gasteiger partial charge in [-0.2, -0.15) is 0 Å². The van der Waals surface area contributed by atoms with Crippen molar-refractivity contribution in [2.75, 3.05) is 6.54 Å². The number of hydrogen-bond donors (Lipinski definition) is 4. The van der Waals surface area contributed by atoms with Crippen molar-refractivity contribution in [2.45, 2.75) is 32.2 Å². The molecule has 2 unspecified atom stereocenters. The molecule has 1 aliphatic carbocycles. The van der Waals surface area contributed by atoms with Crippen molar-refractivity contribution in [3.63, 3.8) is 0 Å². The molecule has 7 nitrogen and oxygen atoms in total. The van der Waals surface area contributed by atoms with Gasteiger partial charge in [0.15, 0.2) is 0 Å². The van der Waals surface area contributed by atoms with E-state index in [1.54, 1.807) is 0 Å². The first-order valence-corrected chi connectivity index (χ1v) is 5.89. The Hall–Kier alpha value is -1.79. The largest absolute Gasteiger partial charge is 0.481 e. The van der Waals surface area contributed by atoms with Crippen molar-refractivity contribution in [2.24, 2.45) is 11.8 Å². The Balaban J connectivity index is 2.31. The van der Waals surface area contributed by atoms with E-state index in [-0.39, 0.29) is 0 Å². The second-order valence-electron chi connectivity index (χ2n) is 4.66. The van der Waals surface area contributed by atoms with Gasteiger partial charge in [-0.3, -0.25) is 4.79 Å². The lowest BCUT2D eigenvalue weighted by molar-refractivity contribution is -0.145. The highest BCUT2D eigenvalue weighted by Gasteiger charge is 2.28. The molecule has 0 bridgehead atoms. The molecule has 0 aromatic rings. The van der Waals surface area contributed by atoms with Crippen LogP contribution in [0.3, 0.4) is 0 Å². The molecule has 1 saturated carbocycles. The number of amides is 2. The van der Waals surface area contributed by atoms with Gasteiger partial charge in [-0.05, 0) is 24.7 Å². The lowest BCUT2D eigenvalue weighted by Gasteiger charge is -2.15. The van der Waals surface area contributed by atoms with Crippen LogP contribution < -0.4 is 10.6 Å². The summed E-state index contributed by atoms with van der Waals surface area (Å²) >= 11 is 0. The highest BCUT2D eigenvalue weighted by Crippen LogP contribution is 2.35. The number of urea groups is 1. The standard InChI is InChI=1S/C11H18N2O5/c1-6(7-2-3-7)5-12-11(18)13-8(10(16)17)4-9(14)15/h6-8H,2-5H2,1H3,(H,14,15)(H,16,17)(H2,12,13,18). The molecule has 102 valence electrons. The molecule has 2 atom stereocenters. The molecule has 0 aromatic carbocycles. The lowest BCUT2D eigenvalue weighted by Crippen LogP contribution is -2.47. The fourth-order valence-electron chi connectivity index (χ4n) is 1.67. The first-order valence-electron chi connectivity index (χ1n) is 5.89. The molecule has 0 saturated heterocycles. The molecule has 1 fully saturated rings. The smallest absolute Gasteiger partial charge is 0.326 e. The van der Waals surface area contributed by atoms with Crippen LogP contribution in [0, 0.1) is 11.8 Å². The minimum absolute atomic E-state index is 0.360. The Kier molecular flexibility index (Phi) is 4.94. The van der Waals surface area contributed by atoms with Gasteiger partial charge in [-0.15, -0.1) is 0 Å². The Morgan fingerprint density at radius 2 is 1.89 bits per heavy atom. The van der Waals surface area contributed by atoms with Gasteiger partial charge in [0, 0.05) is 6.54 Å². The first kappa shape index (κ1) is 14.3. The second kappa shape index (κ2) is 6.23. The number of rotatable bonds is 7. The normalized spacial score (nSPS) is 17.6. The van der Waals surface area contributed by atoms with Crippen molar-refractivity contribution in [1.82, 2.24) is 10.6 Å². The molecule has 0 aromatic heterocycles. The summed E-state index contributed by atoms with van der Waals surface area (Å²) in [5.41, 5.74) is 0. The highest BCUT2D eigenvalue weighted by atomic mass is 16.4. The third kappa shape index (κ3) is 5.03. The van der Waals surface area contributed by atoms with Crippen molar-refractivity contribution in [1.29, 1.82) is 0 Å². The molecule has 1 rings (SSSR count). The number of carbonyl (C=O) groups is 3. The van der Waals surface area contributed by atoms with Gasteiger partial charge in [-0.25, -0.2) is 9.59 Å². The number of carbonyl (C=O) groups excluding carboxylic acids is 1. The van der Waals surface area contributed by atoms with Crippen molar-refractivity contribution < 1.29 is 24.6 Å². The van der Waals surface area contributed by atoms with E-state index in [4.69, 9.17) is 10.2 Å². The first-order chi connectivity index (χ1) is 8.40. The van der Waals surface area contributed by atoms with Crippen LogP contribution in [-0.4, -0.2) is 40.8 Å².